The summed E-state index contributed by atoms with van der Waals surface area (Å²) in [7, 11) is 0. The van der Waals surface area contributed by atoms with E-state index in [0.717, 1.165) is 10.9 Å². The summed E-state index contributed by atoms with van der Waals surface area (Å²) in [5.41, 5.74) is 2.23. The van der Waals surface area contributed by atoms with Crippen LogP contribution in [0.4, 0.5) is 4.39 Å². The molecule has 0 spiro atoms. The molecule has 2 aromatic carbocycles. The Morgan fingerprint density at radius 3 is 2.76 bits per heavy atom. The highest BCUT2D eigenvalue weighted by Crippen LogP contribution is 2.30. The maximum absolute atomic E-state index is 13.8. The van der Waals surface area contributed by atoms with Gasteiger partial charge in [-0.15, -0.1) is 0 Å². The fourth-order valence-electron chi connectivity index (χ4n) is 2.85. The Hall–Kier alpha value is -2.63. The zero-order valence-corrected chi connectivity index (χ0v) is 13.9. The molecule has 0 bridgehead atoms. The molecule has 0 aliphatic rings. The van der Waals surface area contributed by atoms with E-state index >= 15 is 0 Å². The van der Waals surface area contributed by atoms with Crippen LogP contribution in [0, 0.1) is 5.82 Å². The van der Waals surface area contributed by atoms with Gasteiger partial charge in [0.2, 0.25) is 0 Å². The first-order valence-electron chi connectivity index (χ1n) is 7.74. The number of aliphatic hydroxyl groups is 1. The lowest BCUT2D eigenvalue weighted by Crippen LogP contribution is -2.01. The highest BCUT2D eigenvalue weighted by Gasteiger charge is 2.16. The van der Waals surface area contributed by atoms with Crippen LogP contribution >= 0.6 is 11.6 Å². The standard InChI is InChI=1S/C19H14ClFN2O2/c20-13-3-1-2-12(8-13)10-23-17-9-14(21)4-6-16(17)19(22-23)18-7-5-15(11-24)25-18/h1-9,24H,10-11H2. The number of halogens is 2. The van der Waals surface area contributed by atoms with E-state index < -0.39 is 0 Å². The van der Waals surface area contributed by atoms with Crippen LogP contribution in [-0.4, -0.2) is 14.9 Å². The normalized spacial score (nSPS) is 11.3. The predicted molar refractivity (Wildman–Crippen MR) is 93.9 cm³/mol. The first-order valence-corrected chi connectivity index (χ1v) is 8.12. The third kappa shape index (κ3) is 3.04. The number of rotatable bonds is 4. The summed E-state index contributed by atoms with van der Waals surface area (Å²) in [5, 5.41) is 15.2. The molecule has 4 aromatic rings. The largest absolute Gasteiger partial charge is 0.457 e. The summed E-state index contributed by atoms with van der Waals surface area (Å²) in [6.45, 7) is 0.268. The van der Waals surface area contributed by atoms with E-state index in [2.05, 4.69) is 5.10 Å². The van der Waals surface area contributed by atoms with Crippen molar-refractivity contribution in [1.82, 2.24) is 9.78 Å². The Bertz CT molecular complexity index is 1050. The fraction of sp³-hybridized carbons (Fsp3) is 0.105. The Kier molecular flexibility index (Phi) is 4.03. The average molecular weight is 357 g/mol. The second kappa shape index (κ2) is 6.35. The summed E-state index contributed by atoms with van der Waals surface area (Å²) < 4.78 is 21.1. The SMILES string of the molecule is OCc1ccc(-c2nn(Cc3cccc(Cl)c3)c3cc(F)ccc23)o1. The maximum atomic E-state index is 13.8. The average Bonchev–Trinajstić information content (AvgIpc) is 3.20. The number of aromatic nitrogens is 2. The van der Waals surface area contributed by atoms with Crippen LogP contribution in [0.25, 0.3) is 22.4 Å². The van der Waals surface area contributed by atoms with Crippen molar-refractivity contribution in [2.75, 3.05) is 0 Å². The van der Waals surface area contributed by atoms with Crippen molar-refractivity contribution in [1.29, 1.82) is 0 Å². The third-order valence-corrected chi connectivity index (χ3v) is 4.22. The quantitative estimate of drug-likeness (QED) is 0.580. The molecule has 4 rings (SSSR count). The van der Waals surface area contributed by atoms with E-state index in [4.69, 9.17) is 16.0 Å². The summed E-state index contributed by atoms with van der Waals surface area (Å²) in [6, 6.07) is 15.4. The zero-order valence-electron chi connectivity index (χ0n) is 13.1. The molecule has 126 valence electrons. The molecule has 0 saturated carbocycles. The Morgan fingerprint density at radius 1 is 1.12 bits per heavy atom. The molecule has 1 N–H and O–H groups in total. The van der Waals surface area contributed by atoms with Crippen molar-refractivity contribution in [3.63, 3.8) is 0 Å². The maximum Gasteiger partial charge on any atom is 0.155 e. The summed E-state index contributed by atoms with van der Waals surface area (Å²) in [4.78, 5) is 0. The van der Waals surface area contributed by atoms with Gasteiger partial charge in [-0.2, -0.15) is 5.10 Å². The van der Waals surface area contributed by atoms with E-state index in [1.165, 1.54) is 12.1 Å². The van der Waals surface area contributed by atoms with Crippen LogP contribution in [-0.2, 0) is 13.2 Å². The molecule has 0 radical (unpaired) electrons. The monoisotopic (exact) mass is 356 g/mol. The van der Waals surface area contributed by atoms with Crippen LogP contribution in [0.15, 0.2) is 59.0 Å². The third-order valence-electron chi connectivity index (χ3n) is 3.99. The van der Waals surface area contributed by atoms with Gasteiger partial charge < -0.3 is 9.52 Å². The second-order valence-corrected chi connectivity index (χ2v) is 6.16. The molecule has 0 fully saturated rings. The van der Waals surface area contributed by atoms with Crippen molar-refractivity contribution in [2.24, 2.45) is 0 Å². The molecule has 25 heavy (non-hydrogen) atoms. The number of fused-ring (bicyclic) bond motifs is 1. The molecule has 2 aromatic heterocycles. The topological polar surface area (TPSA) is 51.2 Å². The molecule has 0 amide bonds. The van der Waals surface area contributed by atoms with Crippen LogP contribution < -0.4 is 0 Å². The van der Waals surface area contributed by atoms with Gasteiger partial charge in [0.1, 0.15) is 23.9 Å². The van der Waals surface area contributed by atoms with E-state index in [1.807, 2.05) is 18.2 Å². The molecule has 0 aliphatic heterocycles. The van der Waals surface area contributed by atoms with E-state index in [9.17, 15) is 9.50 Å². The molecular formula is C19H14ClFN2O2. The van der Waals surface area contributed by atoms with E-state index in [1.54, 1.807) is 28.9 Å². The molecule has 0 saturated heterocycles. The summed E-state index contributed by atoms with van der Waals surface area (Å²) in [6.07, 6.45) is 0. The van der Waals surface area contributed by atoms with Crippen molar-refractivity contribution in [3.8, 4) is 11.5 Å². The fourth-order valence-corrected chi connectivity index (χ4v) is 3.06. The predicted octanol–water partition coefficient (Wildman–Crippen LogP) is 4.63. The second-order valence-electron chi connectivity index (χ2n) is 5.72. The van der Waals surface area contributed by atoms with Gasteiger partial charge in [0.05, 0.1) is 12.1 Å². The van der Waals surface area contributed by atoms with Gasteiger partial charge >= 0.3 is 0 Å². The first-order chi connectivity index (χ1) is 12.1. The van der Waals surface area contributed by atoms with Gasteiger partial charge in [-0.25, -0.2) is 4.39 Å². The van der Waals surface area contributed by atoms with E-state index in [0.29, 0.717) is 34.3 Å². The van der Waals surface area contributed by atoms with Gasteiger partial charge in [0, 0.05) is 10.4 Å². The number of hydrogen-bond donors (Lipinski definition) is 1. The first kappa shape index (κ1) is 15.9. The van der Waals surface area contributed by atoms with Crippen LogP contribution in [0.1, 0.15) is 11.3 Å². The number of benzene rings is 2. The van der Waals surface area contributed by atoms with Crippen LogP contribution in [0.2, 0.25) is 5.02 Å². The number of furan rings is 1. The molecule has 0 unspecified atom stereocenters. The number of hydrogen-bond acceptors (Lipinski definition) is 3. The minimum Gasteiger partial charge on any atom is -0.457 e. The van der Waals surface area contributed by atoms with Crippen molar-refractivity contribution >= 4 is 22.5 Å². The van der Waals surface area contributed by atoms with Gasteiger partial charge in [-0.1, -0.05) is 23.7 Å². The lowest BCUT2D eigenvalue weighted by Gasteiger charge is -2.04. The molecule has 6 heteroatoms. The highest BCUT2D eigenvalue weighted by atomic mass is 35.5. The molecule has 0 aliphatic carbocycles. The molecule has 4 nitrogen and oxygen atoms in total. The smallest absolute Gasteiger partial charge is 0.155 e. The highest BCUT2D eigenvalue weighted by molar-refractivity contribution is 6.30. The zero-order chi connectivity index (χ0) is 17.4. The Balaban J connectivity index is 1.85. The minimum absolute atomic E-state index is 0.185. The van der Waals surface area contributed by atoms with Gasteiger partial charge in [0.15, 0.2) is 5.76 Å². The number of aliphatic hydroxyl groups excluding tert-OH is 1. The van der Waals surface area contributed by atoms with E-state index in [-0.39, 0.29) is 12.4 Å². The van der Waals surface area contributed by atoms with Crippen molar-refractivity contribution in [3.05, 3.63) is 76.8 Å². The summed E-state index contributed by atoms with van der Waals surface area (Å²) >= 11 is 6.05. The van der Waals surface area contributed by atoms with Crippen molar-refractivity contribution < 1.29 is 13.9 Å². The minimum atomic E-state index is -0.332. The summed E-state index contributed by atoms with van der Waals surface area (Å²) in [5.74, 6) is 0.655. The van der Waals surface area contributed by atoms with Gasteiger partial charge in [-0.3, -0.25) is 4.68 Å². The van der Waals surface area contributed by atoms with Crippen LogP contribution in [0.5, 0.6) is 0 Å². The van der Waals surface area contributed by atoms with Crippen LogP contribution in [0.3, 0.4) is 0 Å². The number of nitrogens with zero attached hydrogens (tertiary/aromatic N) is 2. The van der Waals surface area contributed by atoms with Crippen molar-refractivity contribution in [2.45, 2.75) is 13.2 Å². The molecule has 0 atom stereocenters. The molecular weight excluding hydrogens is 343 g/mol. The van der Waals surface area contributed by atoms with Gasteiger partial charge in [0.25, 0.3) is 0 Å². The Morgan fingerprint density at radius 2 is 2.00 bits per heavy atom. The van der Waals surface area contributed by atoms with Gasteiger partial charge in [-0.05, 0) is 48.0 Å². The Labute approximate surface area is 148 Å². The lowest BCUT2D eigenvalue weighted by molar-refractivity contribution is 0.248. The lowest BCUT2D eigenvalue weighted by atomic mass is 10.1. The molecule has 2 heterocycles.